The topological polar surface area (TPSA) is 96.0 Å². The van der Waals surface area contributed by atoms with E-state index in [2.05, 4.69) is 5.32 Å². The van der Waals surface area contributed by atoms with E-state index in [4.69, 9.17) is 4.74 Å². The number of nitrogens with zero attached hydrogens (tertiary/aromatic N) is 2. The van der Waals surface area contributed by atoms with Gasteiger partial charge in [0.1, 0.15) is 24.2 Å². The Morgan fingerprint density at radius 2 is 1.42 bits per heavy atom. The summed E-state index contributed by atoms with van der Waals surface area (Å²) in [4.78, 5) is 29.6. The highest BCUT2D eigenvalue weighted by atomic mass is 32.2. The molecule has 45 heavy (non-hydrogen) atoms. The van der Waals surface area contributed by atoms with Gasteiger partial charge in [-0.2, -0.15) is 0 Å². The van der Waals surface area contributed by atoms with Crippen molar-refractivity contribution in [1.29, 1.82) is 0 Å². The zero-order chi connectivity index (χ0) is 32.6. The summed E-state index contributed by atoms with van der Waals surface area (Å²) in [6, 6.07) is 28.2. The molecule has 0 heterocycles. The molecule has 0 spiro atoms. The largest absolute Gasteiger partial charge is 0.497 e. The van der Waals surface area contributed by atoms with Gasteiger partial charge in [-0.15, -0.1) is 0 Å². The van der Waals surface area contributed by atoms with Gasteiger partial charge in [-0.3, -0.25) is 13.9 Å². The van der Waals surface area contributed by atoms with Crippen LogP contribution in [0.25, 0.3) is 0 Å². The molecule has 0 aliphatic heterocycles. The van der Waals surface area contributed by atoms with Crippen molar-refractivity contribution < 1.29 is 27.1 Å². The lowest BCUT2D eigenvalue weighted by molar-refractivity contribution is -0.140. The van der Waals surface area contributed by atoms with Gasteiger partial charge in [0.05, 0.1) is 17.7 Å². The van der Waals surface area contributed by atoms with E-state index in [0.29, 0.717) is 5.75 Å². The fourth-order valence-corrected chi connectivity index (χ4v) is 6.25. The zero-order valence-corrected chi connectivity index (χ0v) is 26.6. The molecule has 0 aliphatic carbocycles. The molecular weight excluding hydrogens is 593 g/mol. The maximum Gasteiger partial charge on any atom is 0.264 e. The molecule has 0 unspecified atom stereocenters. The Morgan fingerprint density at radius 3 is 2.00 bits per heavy atom. The van der Waals surface area contributed by atoms with Crippen LogP contribution in [0.5, 0.6) is 5.75 Å². The summed E-state index contributed by atoms with van der Waals surface area (Å²) in [5, 5.41) is 2.96. The zero-order valence-electron chi connectivity index (χ0n) is 25.8. The minimum atomic E-state index is -4.25. The fourth-order valence-electron chi connectivity index (χ4n) is 4.81. The van der Waals surface area contributed by atoms with Crippen molar-refractivity contribution in [3.8, 4) is 5.75 Å². The van der Waals surface area contributed by atoms with Crippen LogP contribution < -0.4 is 14.4 Å². The number of benzene rings is 4. The molecule has 2 amide bonds. The smallest absolute Gasteiger partial charge is 0.264 e. The first-order valence-corrected chi connectivity index (χ1v) is 15.9. The SMILES string of the molecule is COc1ccc(N(CC(=O)N(Cc2ccccc2F)[C@@H](Cc2ccccc2)C(=O)NC(C)(C)C)S(=O)(=O)c2ccccc2)cc1. The van der Waals surface area contributed by atoms with Crippen molar-refractivity contribution in [3.63, 3.8) is 0 Å². The highest BCUT2D eigenvalue weighted by Gasteiger charge is 2.36. The summed E-state index contributed by atoms with van der Waals surface area (Å²) in [6.07, 6.45) is 0.122. The second kappa shape index (κ2) is 14.4. The van der Waals surface area contributed by atoms with Gasteiger partial charge in [0, 0.05) is 24.1 Å². The standard InChI is InChI=1S/C35H38FN3O5S/c1-35(2,3)37-34(41)32(23-26-13-7-5-8-14-26)38(24-27-15-11-12-18-31(27)36)33(40)25-39(28-19-21-29(44-4)22-20-28)45(42,43)30-16-9-6-10-17-30/h5-22,32H,23-25H2,1-4H3,(H,37,41)/t32-/m0/s1. The normalized spacial score (nSPS) is 12.2. The van der Waals surface area contributed by atoms with Gasteiger partial charge in [-0.25, -0.2) is 12.8 Å². The maximum atomic E-state index is 15.0. The number of hydrogen-bond acceptors (Lipinski definition) is 5. The first-order chi connectivity index (χ1) is 21.4. The number of anilines is 1. The van der Waals surface area contributed by atoms with Gasteiger partial charge in [0.15, 0.2) is 0 Å². The van der Waals surface area contributed by atoms with E-state index in [1.807, 2.05) is 51.1 Å². The van der Waals surface area contributed by atoms with Crippen LogP contribution in [0.4, 0.5) is 10.1 Å². The molecule has 0 bridgehead atoms. The number of carbonyl (C=O) groups is 2. The first-order valence-electron chi connectivity index (χ1n) is 14.5. The number of methoxy groups -OCH3 is 1. The molecule has 1 N–H and O–H groups in total. The van der Waals surface area contributed by atoms with Crippen LogP contribution >= 0.6 is 0 Å². The molecule has 236 valence electrons. The van der Waals surface area contributed by atoms with Crippen molar-refractivity contribution in [2.45, 2.75) is 50.2 Å². The summed E-state index contributed by atoms with van der Waals surface area (Å²) in [7, 11) is -2.75. The summed E-state index contributed by atoms with van der Waals surface area (Å²) in [5.74, 6) is -1.17. The lowest BCUT2D eigenvalue weighted by Gasteiger charge is -2.35. The Balaban J connectivity index is 1.82. The van der Waals surface area contributed by atoms with Crippen molar-refractivity contribution in [1.82, 2.24) is 10.2 Å². The van der Waals surface area contributed by atoms with Crippen LogP contribution in [0.2, 0.25) is 0 Å². The Labute approximate surface area is 264 Å². The van der Waals surface area contributed by atoms with E-state index in [1.165, 1.54) is 36.3 Å². The number of hydrogen-bond donors (Lipinski definition) is 1. The molecule has 0 aromatic heterocycles. The molecule has 0 saturated carbocycles. The second-order valence-electron chi connectivity index (χ2n) is 11.6. The molecule has 8 nitrogen and oxygen atoms in total. The van der Waals surface area contributed by atoms with Crippen molar-refractivity contribution in [3.05, 3.63) is 126 Å². The number of halogens is 1. The molecule has 0 saturated heterocycles. The van der Waals surface area contributed by atoms with E-state index in [0.717, 1.165) is 9.87 Å². The molecular formula is C35H38FN3O5S. The van der Waals surface area contributed by atoms with E-state index >= 15 is 4.39 Å². The predicted octanol–water partition coefficient (Wildman–Crippen LogP) is 5.58. The van der Waals surface area contributed by atoms with Crippen molar-refractivity contribution in [2.75, 3.05) is 18.0 Å². The van der Waals surface area contributed by atoms with Gasteiger partial charge < -0.3 is 15.0 Å². The first kappa shape index (κ1) is 33.2. The minimum absolute atomic E-state index is 0.0133. The van der Waals surface area contributed by atoms with E-state index in [9.17, 15) is 18.0 Å². The van der Waals surface area contributed by atoms with E-state index < -0.39 is 45.8 Å². The van der Waals surface area contributed by atoms with Gasteiger partial charge >= 0.3 is 0 Å². The van der Waals surface area contributed by atoms with Gasteiger partial charge in [-0.1, -0.05) is 66.7 Å². The lowest BCUT2D eigenvalue weighted by atomic mass is 10.0. The number of amides is 2. The number of sulfonamides is 1. The van der Waals surface area contributed by atoms with Crippen LogP contribution in [-0.2, 0) is 32.6 Å². The fraction of sp³-hybridized carbons (Fsp3) is 0.257. The lowest BCUT2D eigenvalue weighted by Crippen LogP contribution is -2.56. The Kier molecular flexibility index (Phi) is 10.6. The summed E-state index contributed by atoms with van der Waals surface area (Å²) < 4.78 is 49.3. The third kappa shape index (κ3) is 8.69. The van der Waals surface area contributed by atoms with Crippen LogP contribution in [-0.4, -0.2) is 50.4 Å². The predicted molar refractivity (Wildman–Crippen MR) is 173 cm³/mol. The third-order valence-electron chi connectivity index (χ3n) is 7.04. The van der Waals surface area contributed by atoms with Crippen LogP contribution in [0.15, 0.2) is 114 Å². The third-order valence-corrected chi connectivity index (χ3v) is 8.83. The number of rotatable bonds is 12. The highest BCUT2D eigenvalue weighted by Crippen LogP contribution is 2.27. The molecule has 0 fully saturated rings. The monoisotopic (exact) mass is 631 g/mol. The molecule has 1 atom stereocenters. The van der Waals surface area contributed by atoms with Crippen molar-refractivity contribution >= 4 is 27.5 Å². The molecule has 4 aromatic carbocycles. The maximum absolute atomic E-state index is 15.0. The number of carbonyl (C=O) groups excluding carboxylic acids is 2. The summed E-state index contributed by atoms with van der Waals surface area (Å²) in [5.41, 5.74) is 0.554. The number of ether oxygens (including phenoxy) is 1. The van der Waals surface area contributed by atoms with Gasteiger partial charge in [0.25, 0.3) is 10.0 Å². The molecule has 0 aliphatic rings. The Hall–Kier alpha value is -4.70. The molecule has 10 heteroatoms. The average Bonchev–Trinajstić information content (AvgIpc) is 3.02. The Morgan fingerprint density at radius 1 is 0.844 bits per heavy atom. The van der Waals surface area contributed by atoms with Gasteiger partial charge in [0.2, 0.25) is 11.8 Å². The second-order valence-corrected chi connectivity index (χ2v) is 13.4. The van der Waals surface area contributed by atoms with E-state index in [-0.39, 0.29) is 29.1 Å². The average molecular weight is 632 g/mol. The van der Waals surface area contributed by atoms with Crippen LogP contribution in [0, 0.1) is 5.82 Å². The molecule has 0 radical (unpaired) electrons. The van der Waals surface area contributed by atoms with Crippen LogP contribution in [0.1, 0.15) is 31.9 Å². The summed E-state index contributed by atoms with van der Waals surface area (Å²) in [6.45, 7) is 4.57. The van der Waals surface area contributed by atoms with Crippen molar-refractivity contribution in [2.24, 2.45) is 0 Å². The minimum Gasteiger partial charge on any atom is -0.497 e. The quantitative estimate of drug-likeness (QED) is 0.220. The van der Waals surface area contributed by atoms with Gasteiger partial charge in [-0.05, 0) is 68.8 Å². The van der Waals surface area contributed by atoms with Crippen LogP contribution in [0.3, 0.4) is 0 Å². The molecule has 4 rings (SSSR count). The Bertz CT molecular complexity index is 1690. The number of nitrogens with one attached hydrogen (secondary N) is 1. The van der Waals surface area contributed by atoms with E-state index in [1.54, 1.807) is 54.6 Å². The summed E-state index contributed by atoms with van der Waals surface area (Å²) >= 11 is 0. The molecule has 4 aromatic rings. The highest BCUT2D eigenvalue weighted by molar-refractivity contribution is 7.92.